The average Bonchev–Trinajstić information content (AvgIpc) is 3.23. The highest BCUT2D eigenvalue weighted by Gasteiger charge is 2.44. The van der Waals surface area contributed by atoms with E-state index < -0.39 is 49.3 Å². The lowest BCUT2D eigenvalue weighted by atomic mass is 9.99. The predicted octanol–water partition coefficient (Wildman–Crippen LogP) is 0.455. The number of hydrogen-bond acceptors (Lipinski definition) is 8. The van der Waals surface area contributed by atoms with E-state index in [1.807, 2.05) is 19.9 Å². The second-order valence-electron chi connectivity index (χ2n) is 7.88. The summed E-state index contributed by atoms with van der Waals surface area (Å²) in [5.74, 6) is -0.580. The third kappa shape index (κ3) is 3.83. The molecule has 2 aromatic rings. The van der Waals surface area contributed by atoms with Crippen molar-refractivity contribution < 1.29 is 39.5 Å². The Morgan fingerprint density at radius 1 is 1.16 bits per heavy atom. The summed E-state index contributed by atoms with van der Waals surface area (Å²) in [7, 11) is 0. The second kappa shape index (κ2) is 8.49. The lowest BCUT2D eigenvalue weighted by molar-refractivity contribution is -0.286. The van der Waals surface area contributed by atoms with Crippen LogP contribution in [-0.4, -0.2) is 74.7 Å². The van der Waals surface area contributed by atoms with Gasteiger partial charge in [0.2, 0.25) is 0 Å². The van der Waals surface area contributed by atoms with E-state index >= 15 is 0 Å². The molecular weight excluding hydrogens is 420 g/mol. The first-order valence-corrected chi connectivity index (χ1v) is 10.0. The van der Waals surface area contributed by atoms with Gasteiger partial charge >= 0.3 is 6.09 Å². The summed E-state index contributed by atoms with van der Waals surface area (Å²) in [6.07, 6.45) is -7.35. The highest BCUT2D eigenvalue weighted by molar-refractivity contribution is 6.41. The van der Waals surface area contributed by atoms with Gasteiger partial charge in [-0.05, 0) is 37.6 Å². The number of nitrogens with zero attached hydrogens (tertiary/aromatic N) is 1. The van der Waals surface area contributed by atoms with Gasteiger partial charge in [-0.15, -0.1) is 0 Å². The number of carbonyl (C=O) groups is 2. The number of aromatic amines is 1. The van der Waals surface area contributed by atoms with Crippen molar-refractivity contribution in [3.05, 3.63) is 52.8 Å². The van der Waals surface area contributed by atoms with Crippen LogP contribution in [0.5, 0.6) is 0 Å². The van der Waals surface area contributed by atoms with E-state index in [0.717, 1.165) is 21.9 Å². The van der Waals surface area contributed by atoms with Gasteiger partial charge < -0.3 is 34.9 Å². The van der Waals surface area contributed by atoms with Crippen molar-refractivity contribution in [2.75, 3.05) is 11.5 Å². The van der Waals surface area contributed by atoms with Gasteiger partial charge in [0, 0.05) is 17.0 Å². The first kappa shape index (κ1) is 22.2. The predicted molar refractivity (Wildman–Crippen MR) is 112 cm³/mol. The van der Waals surface area contributed by atoms with Crippen LogP contribution >= 0.6 is 0 Å². The molecule has 2 amide bonds. The molecule has 170 valence electrons. The van der Waals surface area contributed by atoms with E-state index in [4.69, 9.17) is 9.47 Å². The van der Waals surface area contributed by atoms with E-state index in [0.29, 0.717) is 16.8 Å². The smallest absolute Gasteiger partial charge is 0.421 e. The zero-order valence-corrected chi connectivity index (χ0v) is 17.4. The largest absolute Gasteiger partial charge is 0.446 e. The number of benzene rings is 1. The standard InChI is InChI=1S/C22H24N2O8/c1-10-7-11(2)23-14(10)8-13-12-5-3-4-6-15(12)24(20(13)28)22(30)31-9-16-17(25)18(26)19(27)21(29)32-16/h3-8,16-19,21,23,25-27,29H,9H2,1-2H3/b13-8-/t16-,17-,18?,19+,21?/m0/s1. The highest BCUT2D eigenvalue weighted by Crippen LogP contribution is 2.38. The molecule has 0 saturated carbocycles. The van der Waals surface area contributed by atoms with Gasteiger partial charge in [-0.3, -0.25) is 4.79 Å². The lowest BCUT2D eigenvalue weighted by Crippen LogP contribution is -2.58. The maximum Gasteiger partial charge on any atom is 0.421 e. The number of ether oxygens (including phenoxy) is 2. The summed E-state index contributed by atoms with van der Waals surface area (Å²) in [5, 5.41) is 39.0. The number of rotatable bonds is 3. The molecule has 4 rings (SSSR count). The van der Waals surface area contributed by atoms with Crippen molar-refractivity contribution in [1.29, 1.82) is 0 Å². The number of anilines is 1. The summed E-state index contributed by atoms with van der Waals surface area (Å²) >= 11 is 0. The fourth-order valence-electron chi connectivity index (χ4n) is 3.89. The Morgan fingerprint density at radius 3 is 2.56 bits per heavy atom. The Bertz CT molecular complexity index is 1080. The Kier molecular flexibility index (Phi) is 5.89. The minimum atomic E-state index is -1.76. The number of aliphatic hydroxyl groups is 4. The normalized spacial score (nSPS) is 28.8. The molecule has 0 bridgehead atoms. The molecule has 2 unspecified atom stereocenters. The van der Waals surface area contributed by atoms with Gasteiger partial charge in [-0.2, -0.15) is 0 Å². The van der Waals surface area contributed by atoms with Gasteiger partial charge in [-0.25, -0.2) is 9.69 Å². The number of aryl methyl sites for hydroxylation is 2. The molecule has 10 heteroatoms. The quantitative estimate of drug-likeness (QED) is 0.428. The lowest BCUT2D eigenvalue weighted by Gasteiger charge is -2.37. The van der Waals surface area contributed by atoms with Crippen molar-refractivity contribution in [3.8, 4) is 0 Å². The summed E-state index contributed by atoms with van der Waals surface area (Å²) in [5.41, 5.74) is 3.84. The van der Waals surface area contributed by atoms with E-state index in [9.17, 15) is 30.0 Å². The van der Waals surface area contributed by atoms with Crippen LogP contribution in [0.3, 0.4) is 0 Å². The molecule has 1 fully saturated rings. The van der Waals surface area contributed by atoms with Crippen molar-refractivity contribution in [3.63, 3.8) is 0 Å². The maximum absolute atomic E-state index is 13.1. The van der Waals surface area contributed by atoms with Crippen LogP contribution in [0.2, 0.25) is 0 Å². The fraction of sp³-hybridized carbons (Fsp3) is 0.364. The van der Waals surface area contributed by atoms with Gasteiger partial charge in [0.25, 0.3) is 5.91 Å². The Hall–Kier alpha value is -3.02. The number of nitrogens with one attached hydrogen (secondary N) is 1. The third-order valence-electron chi connectivity index (χ3n) is 5.59. The van der Waals surface area contributed by atoms with Crippen LogP contribution in [0.4, 0.5) is 10.5 Å². The molecule has 1 saturated heterocycles. The van der Waals surface area contributed by atoms with E-state index in [2.05, 4.69) is 4.98 Å². The summed E-state index contributed by atoms with van der Waals surface area (Å²) in [6, 6.07) is 8.71. The number of aliphatic hydroxyl groups excluding tert-OH is 4. The summed E-state index contributed by atoms with van der Waals surface area (Å²) in [4.78, 5) is 30.0. The average molecular weight is 444 g/mol. The van der Waals surface area contributed by atoms with Crippen LogP contribution < -0.4 is 4.90 Å². The van der Waals surface area contributed by atoms with E-state index in [1.165, 1.54) is 0 Å². The molecule has 10 nitrogen and oxygen atoms in total. The van der Waals surface area contributed by atoms with Crippen LogP contribution in [0.25, 0.3) is 11.6 Å². The maximum atomic E-state index is 13.1. The molecule has 0 spiro atoms. The third-order valence-corrected chi connectivity index (χ3v) is 5.59. The molecule has 0 aliphatic carbocycles. The first-order chi connectivity index (χ1) is 15.2. The van der Waals surface area contributed by atoms with Gasteiger partial charge in [0.05, 0.1) is 11.3 Å². The van der Waals surface area contributed by atoms with Crippen LogP contribution in [0.1, 0.15) is 22.5 Å². The molecule has 0 radical (unpaired) electrons. The van der Waals surface area contributed by atoms with E-state index in [1.54, 1.807) is 30.3 Å². The molecule has 1 aromatic heterocycles. The van der Waals surface area contributed by atoms with Crippen LogP contribution in [0, 0.1) is 13.8 Å². The number of para-hydroxylation sites is 1. The topological polar surface area (TPSA) is 153 Å². The summed E-state index contributed by atoms with van der Waals surface area (Å²) < 4.78 is 10.2. The molecule has 5 atom stereocenters. The molecule has 2 aliphatic heterocycles. The fourth-order valence-corrected chi connectivity index (χ4v) is 3.89. The molecule has 3 heterocycles. The molecule has 2 aliphatic rings. The number of aromatic nitrogens is 1. The van der Waals surface area contributed by atoms with E-state index in [-0.39, 0.29) is 0 Å². The van der Waals surface area contributed by atoms with Crippen LogP contribution in [-0.2, 0) is 14.3 Å². The van der Waals surface area contributed by atoms with Crippen molar-refractivity contribution in [1.82, 2.24) is 4.98 Å². The first-order valence-electron chi connectivity index (χ1n) is 10.0. The van der Waals surface area contributed by atoms with Crippen molar-refractivity contribution in [2.45, 2.75) is 44.6 Å². The minimum absolute atomic E-state index is 0.311. The molecular formula is C22H24N2O8. The van der Waals surface area contributed by atoms with Crippen molar-refractivity contribution in [2.24, 2.45) is 0 Å². The monoisotopic (exact) mass is 444 g/mol. The van der Waals surface area contributed by atoms with Gasteiger partial charge in [0.15, 0.2) is 6.29 Å². The summed E-state index contributed by atoms with van der Waals surface area (Å²) in [6.45, 7) is 3.25. The Labute approximate surface area is 183 Å². The number of fused-ring (bicyclic) bond motifs is 1. The zero-order valence-electron chi connectivity index (χ0n) is 17.4. The second-order valence-corrected chi connectivity index (χ2v) is 7.88. The molecule has 5 N–H and O–H groups in total. The van der Waals surface area contributed by atoms with Crippen LogP contribution in [0.15, 0.2) is 30.3 Å². The van der Waals surface area contributed by atoms with Gasteiger partial charge in [-0.1, -0.05) is 18.2 Å². The van der Waals surface area contributed by atoms with Crippen molar-refractivity contribution >= 4 is 29.3 Å². The minimum Gasteiger partial charge on any atom is -0.446 e. The zero-order chi connectivity index (χ0) is 23.2. The SMILES string of the molecule is Cc1cc(C)c(/C=C2\C(=O)N(C(=O)OC[C@@H]3OC(O)[C@H](O)C(O)[C@H]3O)c3ccccc32)[nH]1. The van der Waals surface area contributed by atoms with Gasteiger partial charge in [0.1, 0.15) is 31.0 Å². The molecule has 1 aromatic carbocycles. The Balaban J connectivity index is 1.55. The number of amides is 2. The number of hydrogen-bond donors (Lipinski definition) is 5. The number of carbonyl (C=O) groups excluding carboxylic acids is 2. The highest BCUT2D eigenvalue weighted by atomic mass is 16.7. The molecule has 32 heavy (non-hydrogen) atoms. The number of imide groups is 1. The Morgan fingerprint density at radius 2 is 1.88 bits per heavy atom. The number of H-pyrrole nitrogens is 1.